The normalized spacial score (nSPS) is 25.2. The highest BCUT2D eigenvalue weighted by Gasteiger charge is 2.34. The summed E-state index contributed by atoms with van der Waals surface area (Å²) in [4.78, 5) is 6.47. The van der Waals surface area contributed by atoms with Crippen molar-refractivity contribution in [3.63, 3.8) is 0 Å². The zero-order valence-corrected chi connectivity index (χ0v) is 9.69. The van der Waals surface area contributed by atoms with E-state index in [1.807, 2.05) is 11.9 Å². The van der Waals surface area contributed by atoms with Crippen LogP contribution in [0.3, 0.4) is 0 Å². The van der Waals surface area contributed by atoms with Gasteiger partial charge in [0.15, 0.2) is 21.7 Å². The second-order valence-corrected chi connectivity index (χ2v) is 6.09. The van der Waals surface area contributed by atoms with Crippen LogP contribution in [-0.4, -0.2) is 22.8 Å². The summed E-state index contributed by atoms with van der Waals surface area (Å²) in [7, 11) is 8.12. The summed E-state index contributed by atoms with van der Waals surface area (Å²) >= 11 is 0. The van der Waals surface area contributed by atoms with Gasteiger partial charge in [0.2, 0.25) is 0 Å². The molecular formula is C5H3N4S4. The maximum absolute atomic E-state index is 4.47. The first-order valence-corrected chi connectivity index (χ1v) is 7.61. The zero-order valence-electron chi connectivity index (χ0n) is 6.42. The van der Waals surface area contributed by atoms with Gasteiger partial charge < -0.3 is 4.90 Å². The Morgan fingerprint density at radius 2 is 2.15 bits per heavy atom. The van der Waals surface area contributed by atoms with E-state index in [1.165, 1.54) is 22.0 Å². The minimum Gasteiger partial charge on any atom is -0.308 e. The van der Waals surface area contributed by atoms with E-state index in [-0.39, 0.29) is 0 Å². The Hall–Kier alpha value is 0.0800. The Balaban J connectivity index is 2.10. The van der Waals surface area contributed by atoms with Gasteiger partial charge in [-0.25, -0.2) is 4.99 Å². The van der Waals surface area contributed by atoms with E-state index >= 15 is 0 Å². The fourth-order valence-corrected chi connectivity index (χ4v) is 4.53. The molecule has 0 fully saturated rings. The van der Waals surface area contributed by atoms with Gasteiger partial charge in [-0.1, -0.05) is 0 Å². The van der Waals surface area contributed by atoms with Crippen LogP contribution in [-0.2, 0) is 0 Å². The molecule has 13 heavy (non-hydrogen) atoms. The third kappa shape index (κ3) is 1.19. The number of amidine groups is 1. The third-order valence-corrected chi connectivity index (χ3v) is 5.05. The van der Waals surface area contributed by atoms with E-state index in [1.54, 1.807) is 21.6 Å². The lowest BCUT2D eigenvalue weighted by molar-refractivity contribution is 0.601. The molecule has 0 aromatic heterocycles. The van der Waals surface area contributed by atoms with Gasteiger partial charge in [0.05, 0.1) is 22.0 Å². The summed E-state index contributed by atoms with van der Waals surface area (Å²) in [5, 5.41) is 1.99. The lowest BCUT2D eigenvalue weighted by Crippen LogP contribution is -2.34. The molecule has 3 aliphatic heterocycles. The molecule has 0 aromatic rings. The predicted octanol–water partition coefficient (Wildman–Crippen LogP) is 2.08. The van der Waals surface area contributed by atoms with Gasteiger partial charge in [0.1, 0.15) is 0 Å². The summed E-state index contributed by atoms with van der Waals surface area (Å²) in [5.74, 6) is 1.86. The Morgan fingerprint density at radius 1 is 1.23 bits per heavy atom. The minimum atomic E-state index is 0.931. The molecule has 1 radical (unpaired) electrons. The fourth-order valence-electron chi connectivity index (χ4n) is 1.07. The van der Waals surface area contributed by atoms with Gasteiger partial charge in [-0.3, -0.25) is 0 Å². The van der Waals surface area contributed by atoms with E-state index in [2.05, 4.69) is 14.1 Å². The number of aliphatic imine (C=N–C) groups is 1. The maximum atomic E-state index is 4.47. The van der Waals surface area contributed by atoms with Gasteiger partial charge in [0.25, 0.3) is 0 Å². The average molecular weight is 247 g/mol. The van der Waals surface area contributed by atoms with Gasteiger partial charge in [-0.15, -0.1) is 0 Å². The summed E-state index contributed by atoms with van der Waals surface area (Å²) < 4.78 is 8.56. The van der Waals surface area contributed by atoms with E-state index in [4.69, 9.17) is 0 Å². The van der Waals surface area contributed by atoms with E-state index in [9.17, 15) is 0 Å². The van der Waals surface area contributed by atoms with E-state index in [0.29, 0.717) is 0 Å². The lowest BCUT2D eigenvalue weighted by atomic mass is 10.4. The SMILES string of the molecule is CN1C2=NSSC2=NC2=C1[N]SS2. The molecule has 3 aliphatic rings. The van der Waals surface area contributed by atoms with Crippen LogP contribution in [0, 0.1) is 0 Å². The number of fused-ring (bicyclic) bond motifs is 1. The molecule has 0 saturated carbocycles. The summed E-state index contributed by atoms with van der Waals surface area (Å²) in [5.41, 5.74) is 0. The highest BCUT2D eigenvalue weighted by atomic mass is 33.1. The van der Waals surface area contributed by atoms with Crippen LogP contribution in [0.15, 0.2) is 20.2 Å². The van der Waals surface area contributed by atoms with Gasteiger partial charge in [0, 0.05) is 7.05 Å². The zero-order chi connectivity index (χ0) is 8.84. The monoisotopic (exact) mass is 247 g/mol. The number of nitrogens with zero attached hydrogens (tertiary/aromatic N) is 4. The van der Waals surface area contributed by atoms with Crippen molar-refractivity contribution in [2.75, 3.05) is 7.05 Å². The molecule has 0 saturated heterocycles. The molecule has 4 nitrogen and oxygen atoms in total. The highest BCUT2D eigenvalue weighted by molar-refractivity contribution is 8.83. The molecule has 0 aliphatic carbocycles. The molecule has 8 heteroatoms. The van der Waals surface area contributed by atoms with Crippen molar-refractivity contribution < 1.29 is 0 Å². The highest BCUT2D eigenvalue weighted by Crippen LogP contribution is 2.46. The maximum Gasteiger partial charge on any atom is 0.176 e. The van der Waals surface area contributed by atoms with Crippen LogP contribution >= 0.6 is 43.5 Å². The quantitative estimate of drug-likeness (QED) is 0.484. The van der Waals surface area contributed by atoms with Crippen molar-refractivity contribution >= 4 is 54.4 Å². The first kappa shape index (κ1) is 8.39. The fraction of sp³-hybridized carbons (Fsp3) is 0.200. The van der Waals surface area contributed by atoms with Gasteiger partial charge in [-0.2, -0.15) is 9.12 Å². The number of hydrogen-bond acceptors (Lipinski definition) is 7. The number of hydrogen-bond donors (Lipinski definition) is 0. The molecule has 67 valence electrons. The average Bonchev–Trinajstić information content (AvgIpc) is 2.71. The third-order valence-electron chi connectivity index (χ3n) is 1.70. The van der Waals surface area contributed by atoms with Crippen molar-refractivity contribution in [2.24, 2.45) is 9.39 Å². The molecule has 3 heterocycles. The lowest BCUT2D eigenvalue weighted by Gasteiger charge is -2.21. The second kappa shape index (κ2) is 3.04. The first-order valence-electron chi connectivity index (χ1n) is 3.40. The van der Waals surface area contributed by atoms with Crippen LogP contribution in [0.4, 0.5) is 0 Å². The molecular weight excluding hydrogens is 244 g/mol. The van der Waals surface area contributed by atoms with Crippen molar-refractivity contribution in [3.8, 4) is 0 Å². The smallest absolute Gasteiger partial charge is 0.176 e. The Bertz CT molecular complexity index is 360. The van der Waals surface area contributed by atoms with Crippen molar-refractivity contribution in [1.29, 1.82) is 0 Å². The van der Waals surface area contributed by atoms with Crippen molar-refractivity contribution in [1.82, 2.24) is 9.62 Å². The molecule has 0 amide bonds. The first-order chi connectivity index (χ1) is 6.36. The Labute approximate surface area is 91.2 Å². The van der Waals surface area contributed by atoms with Gasteiger partial charge >= 0.3 is 0 Å². The molecule has 0 aromatic carbocycles. The second-order valence-electron chi connectivity index (χ2n) is 2.43. The Kier molecular flexibility index (Phi) is 1.96. The number of rotatable bonds is 0. The predicted molar refractivity (Wildman–Crippen MR) is 62.2 cm³/mol. The molecule has 0 unspecified atom stereocenters. The molecule has 3 rings (SSSR count). The van der Waals surface area contributed by atoms with Crippen LogP contribution in [0.25, 0.3) is 0 Å². The Morgan fingerprint density at radius 3 is 3.08 bits per heavy atom. The molecule has 0 atom stereocenters. The summed E-state index contributed by atoms with van der Waals surface area (Å²) in [6.45, 7) is 0. The van der Waals surface area contributed by atoms with Crippen LogP contribution in [0.2, 0.25) is 0 Å². The molecule has 0 spiro atoms. The van der Waals surface area contributed by atoms with E-state index < -0.39 is 0 Å². The summed E-state index contributed by atoms with van der Waals surface area (Å²) in [6.07, 6.45) is 0. The molecule has 0 N–H and O–H groups in total. The van der Waals surface area contributed by atoms with Crippen molar-refractivity contribution in [2.45, 2.75) is 0 Å². The van der Waals surface area contributed by atoms with Crippen molar-refractivity contribution in [3.05, 3.63) is 10.9 Å². The van der Waals surface area contributed by atoms with Crippen LogP contribution in [0.1, 0.15) is 0 Å². The van der Waals surface area contributed by atoms with Crippen LogP contribution in [0.5, 0.6) is 0 Å². The minimum absolute atomic E-state index is 0.931. The van der Waals surface area contributed by atoms with Gasteiger partial charge in [-0.05, 0) is 21.6 Å². The topological polar surface area (TPSA) is 42.1 Å². The van der Waals surface area contributed by atoms with E-state index in [0.717, 1.165) is 21.7 Å². The summed E-state index contributed by atoms with van der Waals surface area (Å²) in [6, 6.07) is 0. The molecule has 0 bridgehead atoms. The van der Waals surface area contributed by atoms with Crippen LogP contribution < -0.4 is 4.72 Å². The largest absolute Gasteiger partial charge is 0.308 e. The standard InChI is InChI=1S/C5H3N4S4/c1-9-2-4(10-12-7-2)6-5-3(9)8-13-11-5/h1H3.